The van der Waals surface area contributed by atoms with Crippen LogP contribution in [-0.2, 0) is 0 Å². The first-order valence-corrected chi connectivity index (χ1v) is 7.57. The quantitative estimate of drug-likeness (QED) is 0.803. The van der Waals surface area contributed by atoms with Crippen molar-refractivity contribution in [2.24, 2.45) is 5.73 Å². The van der Waals surface area contributed by atoms with Crippen LogP contribution in [0.15, 0.2) is 18.3 Å². The molecule has 1 heterocycles. The number of aromatic nitrogens is 1. The average molecular weight is 306 g/mol. The van der Waals surface area contributed by atoms with Gasteiger partial charge in [0, 0.05) is 23.8 Å². The summed E-state index contributed by atoms with van der Waals surface area (Å²) in [5.74, 6) is -0.155. The van der Waals surface area contributed by atoms with Crippen molar-refractivity contribution in [2.45, 2.75) is 31.2 Å². The van der Waals surface area contributed by atoms with Crippen LogP contribution in [0.1, 0.15) is 41.7 Å². The molecular formula is C15H22N4OS. The van der Waals surface area contributed by atoms with E-state index in [-0.39, 0.29) is 16.4 Å². The second-order valence-electron chi connectivity index (χ2n) is 5.80. The molecule has 0 saturated heterocycles. The number of likely N-dealkylation sites (N-methyl/N-ethyl adjacent to an activating group) is 1. The van der Waals surface area contributed by atoms with Crippen LogP contribution in [0.4, 0.5) is 0 Å². The monoisotopic (exact) mass is 306 g/mol. The normalized spacial score (nSPS) is 16.9. The summed E-state index contributed by atoms with van der Waals surface area (Å²) in [7, 11) is 4.15. The number of hydrogen-bond acceptors (Lipinski definition) is 4. The molecule has 1 aliphatic carbocycles. The van der Waals surface area contributed by atoms with Crippen molar-refractivity contribution in [3.05, 3.63) is 29.6 Å². The zero-order valence-corrected chi connectivity index (χ0v) is 13.4. The van der Waals surface area contributed by atoms with Crippen LogP contribution in [0.3, 0.4) is 0 Å². The smallest absolute Gasteiger partial charge is 0.269 e. The summed E-state index contributed by atoms with van der Waals surface area (Å²) in [4.78, 5) is 18.8. The Kier molecular flexibility index (Phi) is 4.90. The van der Waals surface area contributed by atoms with E-state index in [1.165, 1.54) is 19.0 Å². The Morgan fingerprint density at radius 2 is 2.10 bits per heavy atom. The summed E-state index contributed by atoms with van der Waals surface area (Å²) < 4.78 is 0. The van der Waals surface area contributed by atoms with E-state index < -0.39 is 0 Å². The third-order valence-corrected chi connectivity index (χ3v) is 4.58. The molecule has 0 aliphatic heterocycles. The minimum absolute atomic E-state index is 0.0778. The molecule has 0 bridgehead atoms. The van der Waals surface area contributed by atoms with Gasteiger partial charge in [0.25, 0.3) is 5.91 Å². The third-order valence-electron chi connectivity index (χ3n) is 4.34. The minimum atomic E-state index is -0.155. The predicted molar refractivity (Wildman–Crippen MR) is 87.3 cm³/mol. The highest BCUT2D eigenvalue weighted by atomic mass is 32.1. The zero-order chi connectivity index (χ0) is 15.5. The number of hydrogen-bond donors (Lipinski definition) is 2. The Labute approximate surface area is 130 Å². The van der Waals surface area contributed by atoms with Gasteiger partial charge in [0.05, 0.1) is 0 Å². The number of nitrogens with zero attached hydrogens (tertiary/aromatic N) is 2. The maximum atomic E-state index is 12.2. The van der Waals surface area contributed by atoms with Gasteiger partial charge in [-0.05, 0) is 39.1 Å². The largest absolute Gasteiger partial charge is 0.389 e. The number of carbonyl (C=O) groups excluding carboxylic acids is 1. The van der Waals surface area contributed by atoms with Crippen LogP contribution >= 0.6 is 12.2 Å². The highest BCUT2D eigenvalue weighted by molar-refractivity contribution is 7.80. The molecule has 114 valence electrons. The molecule has 0 spiro atoms. The first-order chi connectivity index (χ1) is 9.94. The Morgan fingerprint density at radius 1 is 1.43 bits per heavy atom. The number of carbonyl (C=O) groups is 1. The topological polar surface area (TPSA) is 71.2 Å². The van der Waals surface area contributed by atoms with Crippen molar-refractivity contribution in [1.29, 1.82) is 0 Å². The van der Waals surface area contributed by atoms with Crippen molar-refractivity contribution in [3.8, 4) is 0 Å². The fourth-order valence-electron chi connectivity index (χ4n) is 2.82. The fourth-order valence-corrected chi connectivity index (χ4v) is 2.95. The second-order valence-corrected chi connectivity index (χ2v) is 6.24. The van der Waals surface area contributed by atoms with Crippen LogP contribution in [-0.4, -0.2) is 47.0 Å². The van der Waals surface area contributed by atoms with Crippen LogP contribution in [0.2, 0.25) is 0 Å². The summed E-state index contributed by atoms with van der Waals surface area (Å²) in [6, 6.07) is 3.38. The molecule has 0 radical (unpaired) electrons. The molecule has 1 fully saturated rings. The van der Waals surface area contributed by atoms with Gasteiger partial charge < -0.3 is 16.0 Å². The van der Waals surface area contributed by atoms with Gasteiger partial charge in [0.15, 0.2) is 0 Å². The first kappa shape index (κ1) is 15.9. The molecule has 0 aromatic carbocycles. The molecule has 2 rings (SSSR count). The van der Waals surface area contributed by atoms with E-state index >= 15 is 0 Å². The Bertz CT molecular complexity index is 521. The van der Waals surface area contributed by atoms with Gasteiger partial charge in [0.1, 0.15) is 10.7 Å². The van der Waals surface area contributed by atoms with Gasteiger partial charge >= 0.3 is 0 Å². The lowest BCUT2D eigenvalue weighted by atomic mass is 9.96. The molecule has 5 nitrogen and oxygen atoms in total. The van der Waals surface area contributed by atoms with Crippen molar-refractivity contribution in [1.82, 2.24) is 15.2 Å². The lowest BCUT2D eigenvalue weighted by Gasteiger charge is -2.36. The van der Waals surface area contributed by atoms with Crippen LogP contribution < -0.4 is 11.1 Å². The van der Waals surface area contributed by atoms with E-state index in [1.54, 1.807) is 12.1 Å². The number of thiocarbonyl (C=S) groups is 1. The average Bonchev–Trinajstić information content (AvgIpc) is 2.95. The molecule has 1 aromatic heterocycles. The Balaban J connectivity index is 1.99. The lowest BCUT2D eigenvalue weighted by molar-refractivity contribution is 0.0895. The lowest BCUT2D eigenvalue weighted by Crippen LogP contribution is -2.50. The summed E-state index contributed by atoms with van der Waals surface area (Å²) in [6.07, 6.45) is 6.21. The van der Waals surface area contributed by atoms with Crippen molar-refractivity contribution >= 4 is 23.1 Å². The molecule has 6 heteroatoms. The third kappa shape index (κ3) is 3.57. The predicted octanol–water partition coefficient (Wildman–Crippen LogP) is 1.32. The summed E-state index contributed by atoms with van der Waals surface area (Å²) >= 11 is 4.87. The zero-order valence-electron chi connectivity index (χ0n) is 12.6. The van der Waals surface area contributed by atoms with E-state index in [2.05, 4.69) is 29.3 Å². The van der Waals surface area contributed by atoms with Crippen molar-refractivity contribution in [3.63, 3.8) is 0 Å². The fraction of sp³-hybridized carbons (Fsp3) is 0.533. The summed E-state index contributed by atoms with van der Waals surface area (Å²) in [6.45, 7) is 0.650. The minimum Gasteiger partial charge on any atom is -0.389 e. The Morgan fingerprint density at radius 3 is 2.57 bits per heavy atom. The maximum absolute atomic E-state index is 12.2. The van der Waals surface area contributed by atoms with Crippen molar-refractivity contribution in [2.75, 3.05) is 20.6 Å². The van der Waals surface area contributed by atoms with E-state index in [1.807, 2.05) is 0 Å². The van der Waals surface area contributed by atoms with Crippen molar-refractivity contribution < 1.29 is 4.79 Å². The number of rotatable bonds is 5. The number of pyridine rings is 1. The van der Waals surface area contributed by atoms with E-state index in [0.29, 0.717) is 17.8 Å². The molecular weight excluding hydrogens is 284 g/mol. The van der Waals surface area contributed by atoms with Gasteiger partial charge in [-0.2, -0.15) is 0 Å². The van der Waals surface area contributed by atoms with Crippen LogP contribution in [0.5, 0.6) is 0 Å². The number of amides is 1. The van der Waals surface area contributed by atoms with E-state index in [0.717, 1.165) is 12.8 Å². The first-order valence-electron chi connectivity index (χ1n) is 7.16. The molecule has 0 unspecified atom stereocenters. The highest BCUT2D eigenvalue weighted by Crippen LogP contribution is 2.33. The van der Waals surface area contributed by atoms with E-state index in [9.17, 15) is 4.79 Å². The van der Waals surface area contributed by atoms with Gasteiger partial charge in [-0.3, -0.25) is 9.78 Å². The summed E-state index contributed by atoms with van der Waals surface area (Å²) in [5.41, 5.74) is 6.65. The molecule has 21 heavy (non-hydrogen) atoms. The van der Waals surface area contributed by atoms with Gasteiger partial charge in [-0.15, -0.1) is 0 Å². The molecule has 1 aromatic rings. The standard InChI is InChI=1S/C15H22N4OS/c1-19(2)15(7-3-4-8-15)10-18-14(20)12-6-5-11(9-17-12)13(16)21/h5-6,9H,3-4,7-8,10H2,1-2H3,(H2,16,21)(H,18,20). The number of nitrogens with one attached hydrogen (secondary N) is 1. The molecule has 0 atom stereocenters. The van der Waals surface area contributed by atoms with Gasteiger partial charge in [-0.25, -0.2) is 0 Å². The maximum Gasteiger partial charge on any atom is 0.269 e. The molecule has 3 N–H and O–H groups in total. The molecule has 1 saturated carbocycles. The van der Waals surface area contributed by atoms with Crippen LogP contribution in [0, 0.1) is 0 Å². The van der Waals surface area contributed by atoms with E-state index in [4.69, 9.17) is 18.0 Å². The molecule has 1 aliphatic rings. The van der Waals surface area contributed by atoms with Crippen LogP contribution in [0.25, 0.3) is 0 Å². The highest BCUT2D eigenvalue weighted by Gasteiger charge is 2.36. The van der Waals surface area contributed by atoms with Gasteiger partial charge in [-0.1, -0.05) is 25.1 Å². The Hall–Kier alpha value is -1.53. The molecule has 1 amide bonds. The number of nitrogens with two attached hydrogens (primary N) is 1. The van der Waals surface area contributed by atoms with Gasteiger partial charge in [0.2, 0.25) is 0 Å². The summed E-state index contributed by atoms with van der Waals surface area (Å²) in [5, 5.41) is 3.00. The SMILES string of the molecule is CN(C)C1(CNC(=O)c2ccc(C(N)=S)cn2)CCCC1. The second kappa shape index (κ2) is 6.49.